The van der Waals surface area contributed by atoms with Crippen molar-refractivity contribution < 1.29 is 18.0 Å². The maximum absolute atomic E-state index is 13.2. The monoisotopic (exact) mass is 392 g/mol. The Hall–Kier alpha value is -2.64. The van der Waals surface area contributed by atoms with Gasteiger partial charge in [-0.2, -0.15) is 13.2 Å². The largest absolute Gasteiger partial charge is 0.433 e. The zero-order valence-electron chi connectivity index (χ0n) is 15.7. The van der Waals surface area contributed by atoms with Crippen molar-refractivity contribution in [2.45, 2.75) is 51.4 Å². The second kappa shape index (κ2) is 8.58. The minimum atomic E-state index is -4.50. The van der Waals surface area contributed by atoms with Crippen molar-refractivity contribution in [3.63, 3.8) is 0 Å². The molecule has 1 unspecified atom stereocenters. The highest BCUT2D eigenvalue weighted by atomic mass is 19.4. The van der Waals surface area contributed by atoms with Gasteiger partial charge >= 0.3 is 6.18 Å². The Morgan fingerprint density at radius 2 is 1.96 bits per heavy atom. The molecule has 0 bridgehead atoms. The molecule has 1 saturated heterocycles. The summed E-state index contributed by atoms with van der Waals surface area (Å²) in [4.78, 5) is 22.0. The number of anilines is 1. The maximum atomic E-state index is 13.2. The Labute approximate surface area is 162 Å². The van der Waals surface area contributed by atoms with Crippen LogP contribution in [0.5, 0.6) is 0 Å². The van der Waals surface area contributed by atoms with Gasteiger partial charge in [-0.25, -0.2) is 4.98 Å². The molecule has 0 aromatic carbocycles. The Kier molecular flexibility index (Phi) is 6.16. The first-order valence-corrected chi connectivity index (χ1v) is 9.34. The second-order valence-electron chi connectivity index (χ2n) is 7.02. The molecule has 1 N–H and O–H groups in total. The lowest BCUT2D eigenvalue weighted by Gasteiger charge is -2.36. The van der Waals surface area contributed by atoms with Crippen LogP contribution in [0.3, 0.4) is 0 Å². The van der Waals surface area contributed by atoms with Gasteiger partial charge in [-0.05, 0) is 49.9 Å². The number of carbonyl (C=O) groups is 1. The molecule has 1 atom stereocenters. The van der Waals surface area contributed by atoms with Gasteiger partial charge in [-0.3, -0.25) is 9.78 Å². The van der Waals surface area contributed by atoms with Crippen molar-refractivity contribution in [1.82, 2.24) is 15.3 Å². The molecular weight excluding hydrogens is 369 g/mol. The maximum Gasteiger partial charge on any atom is 0.433 e. The van der Waals surface area contributed by atoms with Crippen molar-refractivity contribution in [3.05, 3.63) is 53.5 Å². The van der Waals surface area contributed by atoms with E-state index in [1.54, 1.807) is 24.5 Å². The van der Waals surface area contributed by atoms with Crippen molar-refractivity contribution >= 4 is 11.7 Å². The number of halogens is 3. The molecule has 1 aliphatic rings. The quantitative estimate of drug-likeness (QED) is 0.842. The smallest absolute Gasteiger partial charge is 0.354 e. The molecule has 3 heterocycles. The zero-order chi connectivity index (χ0) is 20.1. The lowest BCUT2D eigenvalue weighted by atomic mass is 10.0. The lowest BCUT2D eigenvalue weighted by molar-refractivity contribution is -0.141. The summed E-state index contributed by atoms with van der Waals surface area (Å²) in [5, 5.41) is 2.79. The summed E-state index contributed by atoms with van der Waals surface area (Å²) < 4.78 is 39.5. The van der Waals surface area contributed by atoms with Crippen molar-refractivity contribution in [2.75, 3.05) is 11.4 Å². The number of nitrogens with zero attached hydrogens (tertiary/aromatic N) is 3. The number of rotatable bonds is 5. The van der Waals surface area contributed by atoms with E-state index in [-0.39, 0.29) is 24.9 Å². The standard InChI is InChI=1S/C20H23F3N4O/c1-14-4-2-3-11-27(14)19-16(5-6-17(26-19)20(21,22)23)13-25-18(28)12-15-7-9-24-10-8-15/h5-10,14H,2-4,11-13H2,1H3,(H,25,28). The minimum absolute atomic E-state index is 0.107. The van der Waals surface area contributed by atoms with E-state index in [1.807, 2.05) is 11.8 Å². The molecule has 1 amide bonds. The number of pyridine rings is 2. The number of hydrogen-bond donors (Lipinski definition) is 1. The van der Waals surface area contributed by atoms with Gasteiger partial charge in [0.1, 0.15) is 11.5 Å². The van der Waals surface area contributed by atoms with Crippen LogP contribution in [0.4, 0.5) is 19.0 Å². The van der Waals surface area contributed by atoms with E-state index in [2.05, 4.69) is 15.3 Å². The van der Waals surface area contributed by atoms with E-state index >= 15 is 0 Å². The molecule has 0 aliphatic carbocycles. The Bertz CT molecular complexity index is 811. The van der Waals surface area contributed by atoms with Crippen molar-refractivity contribution in [1.29, 1.82) is 0 Å². The third-order valence-corrected chi connectivity index (χ3v) is 4.91. The van der Waals surface area contributed by atoms with E-state index in [4.69, 9.17) is 0 Å². The molecule has 150 valence electrons. The van der Waals surface area contributed by atoms with Crippen LogP contribution in [0.15, 0.2) is 36.7 Å². The highest BCUT2D eigenvalue weighted by Crippen LogP contribution is 2.32. The Balaban J connectivity index is 1.78. The van der Waals surface area contributed by atoms with Crippen LogP contribution >= 0.6 is 0 Å². The van der Waals surface area contributed by atoms with Crippen LogP contribution in [-0.2, 0) is 23.9 Å². The number of amides is 1. The first kappa shape index (κ1) is 20.1. The topological polar surface area (TPSA) is 58.1 Å². The van der Waals surface area contributed by atoms with Crippen LogP contribution in [0, 0.1) is 0 Å². The summed E-state index contributed by atoms with van der Waals surface area (Å²) in [7, 11) is 0. The Morgan fingerprint density at radius 1 is 1.21 bits per heavy atom. The fraction of sp³-hybridized carbons (Fsp3) is 0.450. The molecule has 0 spiro atoms. The molecule has 5 nitrogen and oxygen atoms in total. The molecule has 28 heavy (non-hydrogen) atoms. The first-order valence-electron chi connectivity index (χ1n) is 9.34. The van der Waals surface area contributed by atoms with Gasteiger partial charge in [0.2, 0.25) is 5.91 Å². The third-order valence-electron chi connectivity index (χ3n) is 4.91. The SMILES string of the molecule is CC1CCCCN1c1nc(C(F)(F)F)ccc1CNC(=O)Cc1ccncc1. The normalized spacial score (nSPS) is 17.4. The summed E-state index contributed by atoms with van der Waals surface area (Å²) in [5.74, 6) is 0.106. The predicted octanol–water partition coefficient (Wildman–Crippen LogP) is 3.73. The molecule has 1 aliphatic heterocycles. The predicted molar refractivity (Wildman–Crippen MR) is 99.7 cm³/mol. The van der Waals surface area contributed by atoms with E-state index < -0.39 is 11.9 Å². The molecule has 1 fully saturated rings. The van der Waals surface area contributed by atoms with Gasteiger partial charge < -0.3 is 10.2 Å². The number of alkyl halides is 3. The molecule has 8 heteroatoms. The number of piperidine rings is 1. The van der Waals surface area contributed by atoms with E-state index in [1.165, 1.54) is 6.07 Å². The van der Waals surface area contributed by atoms with Gasteiger partial charge in [0.25, 0.3) is 0 Å². The fourth-order valence-corrected chi connectivity index (χ4v) is 3.38. The minimum Gasteiger partial charge on any atom is -0.354 e. The molecule has 0 radical (unpaired) electrons. The first-order chi connectivity index (χ1) is 13.3. The van der Waals surface area contributed by atoms with E-state index in [0.29, 0.717) is 17.9 Å². The summed E-state index contributed by atoms with van der Waals surface area (Å²) in [5.41, 5.74) is 0.500. The van der Waals surface area contributed by atoms with Crippen LogP contribution in [0.2, 0.25) is 0 Å². The highest BCUT2D eigenvalue weighted by Gasteiger charge is 2.34. The van der Waals surface area contributed by atoms with E-state index in [9.17, 15) is 18.0 Å². The molecule has 3 rings (SSSR count). The Morgan fingerprint density at radius 3 is 2.64 bits per heavy atom. The van der Waals surface area contributed by atoms with Gasteiger partial charge in [0.15, 0.2) is 0 Å². The number of hydrogen-bond acceptors (Lipinski definition) is 4. The van der Waals surface area contributed by atoms with Crippen molar-refractivity contribution in [3.8, 4) is 0 Å². The average molecular weight is 392 g/mol. The van der Waals surface area contributed by atoms with Gasteiger partial charge in [0, 0.05) is 37.1 Å². The van der Waals surface area contributed by atoms with E-state index in [0.717, 1.165) is 30.9 Å². The number of carbonyl (C=O) groups excluding carboxylic acids is 1. The van der Waals surface area contributed by atoms with Crippen LogP contribution < -0.4 is 10.2 Å². The summed E-state index contributed by atoms with van der Waals surface area (Å²) in [6.45, 7) is 2.79. The molecule has 2 aromatic rings. The summed E-state index contributed by atoms with van der Waals surface area (Å²) in [6, 6.07) is 6.00. The third kappa shape index (κ3) is 4.99. The summed E-state index contributed by atoms with van der Waals surface area (Å²) >= 11 is 0. The van der Waals surface area contributed by atoms with Crippen LogP contribution in [-0.4, -0.2) is 28.5 Å². The average Bonchev–Trinajstić information content (AvgIpc) is 2.67. The zero-order valence-corrected chi connectivity index (χ0v) is 15.7. The molecular formula is C20H23F3N4O. The molecule has 0 saturated carbocycles. The van der Waals surface area contributed by atoms with Gasteiger partial charge in [-0.15, -0.1) is 0 Å². The van der Waals surface area contributed by atoms with Gasteiger partial charge in [-0.1, -0.05) is 6.07 Å². The fourth-order valence-electron chi connectivity index (χ4n) is 3.38. The highest BCUT2D eigenvalue weighted by molar-refractivity contribution is 5.78. The van der Waals surface area contributed by atoms with Crippen molar-refractivity contribution in [2.24, 2.45) is 0 Å². The number of aromatic nitrogens is 2. The van der Waals surface area contributed by atoms with Crippen LogP contribution in [0.1, 0.15) is 43.0 Å². The van der Waals surface area contributed by atoms with Crippen LogP contribution in [0.25, 0.3) is 0 Å². The lowest BCUT2D eigenvalue weighted by Crippen LogP contribution is -2.39. The van der Waals surface area contributed by atoms with Gasteiger partial charge in [0.05, 0.1) is 6.42 Å². The number of nitrogens with one attached hydrogen (secondary N) is 1. The second-order valence-corrected chi connectivity index (χ2v) is 7.02. The molecule has 2 aromatic heterocycles. The summed E-state index contributed by atoms with van der Waals surface area (Å²) in [6.07, 6.45) is 1.77.